The van der Waals surface area contributed by atoms with Gasteiger partial charge in [-0.05, 0) is 96.1 Å². The minimum Gasteiger partial charge on any atom is -0.489 e. The fraction of sp³-hybridized carbons (Fsp3) is 0.261. The van der Waals surface area contributed by atoms with E-state index in [1.54, 1.807) is 38.5 Å². The summed E-state index contributed by atoms with van der Waals surface area (Å²) in [4.78, 5) is 55.2. The molecule has 2 N–H and O–H groups in total. The molecule has 0 bridgehead atoms. The van der Waals surface area contributed by atoms with Crippen LogP contribution in [0.2, 0.25) is 5.02 Å². The zero-order chi connectivity index (χ0) is 42.1. The van der Waals surface area contributed by atoms with Crippen LogP contribution in [0.5, 0.6) is 17.2 Å². The highest BCUT2D eigenvalue weighted by molar-refractivity contribution is 6.30. The SMILES string of the molecule is Cc1nc(C(=O)N2Cc3cc4c(cc3CC2C(=O)NC(Cc2ccc(-c3ccnc(C)c3C)cc2)C(=O)O)OCC(c2ccc(OCc3cncc(Cl)c3)cc2)O4)c(C)o1. The number of carboxylic acids is 1. The van der Waals surface area contributed by atoms with E-state index in [0.717, 1.165) is 50.2 Å². The number of carbonyl (C=O) groups is 3. The van der Waals surface area contributed by atoms with Crippen LogP contribution in [0.4, 0.5) is 0 Å². The van der Waals surface area contributed by atoms with Crippen molar-refractivity contribution < 1.29 is 38.1 Å². The van der Waals surface area contributed by atoms with Gasteiger partial charge in [0, 0.05) is 56.2 Å². The first-order chi connectivity index (χ1) is 28.9. The minimum absolute atomic E-state index is 0.0280. The molecule has 3 unspecified atom stereocenters. The van der Waals surface area contributed by atoms with Crippen molar-refractivity contribution in [2.75, 3.05) is 6.61 Å². The number of aryl methyl sites for hydroxylation is 3. The van der Waals surface area contributed by atoms with Crippen molar-refractivity contribution in [1.29, 1.82) is 0 Å². The van der Waals surface area contributed by atoms with Crippen LogP contribution in [0, 0.1) is 27.7 Å². The maximum absolute atomic E-state index is 14.2. The fourth-order valence-electron chi connectivity index (χ4n) is 7.58. The lowest BCUT2D eigenvalue weighted by atomic mass is 9.91. The summed E-state index contributed by atoms with van der Waals surface area (Å²) < 4.78 is 24.2. The Balaban J connectivity index is 0.997. The molecular weight excluding hydrogens is 786 g/mol. The maximum Gasteiger partial charge on any atom is 0.326 e. The number of nitrogens with one attached hydrogen (secondary N) is 1. The summed E-state index contributed by atoms with van der Waals surface area (Å²) in [5.74, 6) is -0.0257. The number of hydrogen-bond acceptors (Lipinski definition) is 10. The van der Waals surface area contributed by atoms with Crippen LogP contribution in [0.1, 0.15) is 67.3 Å². The molecule has 3 atom stereocenters. The monoisotopic (exact) mass is 827 g/mol. The van der Waals surface area contributed by atoms with Gasteiger partial charge in [0.05, 0.1) is 5.02 Å². The van der Waals surface area contributed by atoms with Crippen LogP contribution >= 0.6 is 11.6 Å². The highest BCUT2D eigenvalue weighted by Gasteiger charge is 2.39. The van der Waals surface area contributed by atoms with Gasteiger partial charge in [-0.1, -0.05) is 48.0 Å². The number of pyridine rings is 2. The van der Waals surface area contributed by atoms with Gasteiger partial charge in [-0.15, -0.1) is 0 Å². The van der Waals surface area contributed by atoms with E-state index in [0.29, 0.717) is 40.5 Å². The molecular formula is C46H42ClN5O8. The Hall–Kier alpha value is -6.73. The van der Waals surface area contributed by atoms with Crippen LogP contribution < -0.4 is 19.5 Å². The average molecular weight is 828 g/mol. The Morgan fingerprint density at radius 1 is 0.950 bits per heavy atom. The number of fused-ring (bicyclic) bond motifs is 2. The molecule has 13 nitrogen and oxygen atoms in total. The zero-order valence-corrected chi connectivity index (χ0v) is 34.2. The highest BCUT2D eigenvalue weighted by Crippen LogP contribution is 2.41. The zero-order valence-electron chi connectivity index (χ0n) is 33.4. The van der Waals surface area contributed by atoms with Gasteiger partial charge in [0.1, 0.15) is 36.8 Å². The number of hydrogen-bond donors (Lipinski definition) is 2. The predicted octanol–water partition coefficient (Wildman–Crippen LogP) is 7.49. The molecule has 0 fully saturated rings. The van der Waals surface area contributed by atoms with Gasteiger partial charge in [-0.2, -0.15) is 0 Å². The summed E-state index contributed by atoms with van der Waals surface area (Å²) in [7, 11) is 0. The molecule has 2 amide bonds. The molecule has 3 aromatic carbocycles. The molecule has 0 spiro atoms. The van der Waals surface area contributed by atoms with Gasteiger partial charge in [-0.3, -0.25) is 19.6 Å². The van der Waals surface area contributed by atoms with Gasteiger partial charge in [-0.25, -0.2) is 9.78 Å². The Morgan fingerprint density at radius 2 is 1.72 bits per heavy atom. The minimum atomic E-state index is -1.26. The Kier molecular flexibility index (Phi) is 11.3. The third kappa shape index (κ3) is 8.53. The Bertz CT molecular complexity index is 2590. The molecule has 3 aromatic heterocycles. The summed E-state index contributed by atoms with van der Waals surface area (Å²) in [6, 6.07) is 20.2. The number of aromatic nitrogens is 3. The number of nitrogens with zero attached hydrogens (tertiary/aromatic N) is 4. The quantitative estimate of drug-likeness (QED) is 0.133. The number of benzene rings is 3. The lowest BCUT2D eigenvalue weighted by Gasteiger charge is -2.37. The van der Waals surface area contributed by atoms with Crippen molar-refractivity contribution in [1.82, 2.24) is 25.2 Å². The molecule has 306 valence electrons. The summed E-state index contributed by atoms with van der Waals surface area (Å²) >= 11 is 6.05. The molecule has 5 heterocycles. The standard InChI is InChI=1S/C46H42ClN5O8/c1-25-26(2)49-14-13-37(25)31-7-5-29(6-8-31)16-38(46(55)56)51-44(53)39-17-33-18-40-41(19-34(33)22-52(39)45(54)43-27(3)59-28(4)50-43)60-42(24-58-40)32-9-11-36(12-10-32)57-23-30-15-35(47)21-48-20-30/h5-15,18-21,38-39,42H,16-17,22-24H2,1-4H3,(H,51,53)(H,55,56). The smallest absolute Gasteiger partial charge is 0.326 e. The number of carboxylic acid groups (broad SMARTS) is 1. The van der Waals surface area contributed by atoms with Crippen molar-refractivity contribution in [3.63, 3.8) is 0 Å². The molecule has 0 saturated heterocycles. The molecule has 2 aliphatic heterocycles. The molecule has 8 rings (SSSR count). The average Bonchev–Trinajstić information content (AvgIpc) is 3.59. The Labute approximate surface area is 351 Å². The highest BCUT2D eigenvalue weighted by atomic mass is 35.5. The van der Waals surface area contributed by atoms with E-state index in [-0.39, 0.29) is 31.7 Å². The molecule has 14 heteroatoms. The third-order valence-corrected chi connectivity index (χ3v) is 11.1. The van der Waals surface area contributed by atoms with Gasteiger partial charge in [0.15, 0.2) is 29.2 Å². The Morgan fingerprint density at radius 3 is 2.43 bits per heavy atom. The van der Waals surface area contributed by atoms with E-state index in [2.05, 4.69) is 20.3 Å². The van der Waals surface area contributed by atoms with Gasteiger partial charge in [0.25, 0.3) is 5.91 Å². The first-order valence-electron chi connectivity index (χ1n) is 19.5. The van der Waals surface area contributed by atoms with E-state index >= 15 is 0 Å². The van der Waals surface area contributed by atoms with Crippen molar-refractivity contribution >= 4 is 29.4 Å². The molecule has 60 heavy (non-hydrogen) atoms. The topological polar surface area (TPSA) is 166 Å². The largest absolute Gasteiger partial charge is 0.489 e. The predicted molar refractivity (Wildman–Crippen MR) is 221 cm³/mol. The number of carbonyl (C=O) groups excluding carboxylic acids is 2. The van der Waals surface area contributed by atoms with Crippen molar-refractivity contribution in [3.8, 4) is 28.4 Å². The van der Waals surface area contributed by atoms with Crippen LogP contribution in [0.3, 0.4) is 0 Å². The number of rotatable bonds is 11. The number of oxazole rings is 1. The second-order valence-electron chi connectivity index (χ2n) is 15.0. The van der Waals surface area contributed by atoms with Gasteiger partial charge >= 0.3 is 5.97 Å². The summed E-state index contributed by atoms with van der Waals surface area (Å²) in [6.45, 7) is 7.82. The molecule has 0 radical (unpaired) electrons. The lowest BCUT2D eigenvalue weighted by molar-refractivity contribution is -0.142. The summed E-state index contributed by atoms with van der Waals surface area (Å²) in [5.41, 5.74) is 8.06. The molecule has 2 aliphatic rings. The van der Waals surface area contributed by atoms with Gasteiger partial charge in [0.2, 0.25) is 5.91 Å². The van der Waals surface area contributed by atoms with Crippen molar-refractivity contribution in [2.24, 2.45) is 0 Å². The van der Waals surface area contributed by atoms with Crippen molar-refractivity contribution in [2.45, 2.75) is 71.9 Å². The second kappa shape index (κ2) is 16.9. The first-order valence-corrected chi connectivity index (χ1v) is 19.8. The van der Waals surface area contributed by atoms with Crippen LogP contribution in [-0.4, -0.2) is 61.4 Å². The van der Waals surface area contributed by atoms with E-state index in [1.165, 1.54) is 4.90 Å². The molecule has 0 aliphatic carbocycles. The van der Waals surface area contributed by atoms with Crippen LogP contribution in [0.25, 0.3) is 11.1 Å². The summed E-state index contributed by atoms with van der Waals surface area (Å²) in [6.07, 6.45) is 4.74. The van der Waals surface area contributed by atoms with E-state index in [4.69, 9.17) is 30.2 Å². The number of halogens is 1. The van der Waals surface area contributed by atoms with Crippen molar-refractivity contribution in [3.05, 3.63) is 153 Å². The molecule has 6 aromatic rings. The number of ether oxygens (including phenoxy) is 3. The van der Waals surface area contributed by atoms with Gasteiger partial charge < -0.3 is 34.0 Å². The number of aliphatic carboxylic acids is 1. The first kappa shape index (κ1) is 40.1. The lowest BCUT2D eigenvalue weighted by Crippen LogP contribution is -2.56. The van der Waals surface area contributed by atoms with E-state index < -0.39 is 36.0 Å². The normalized spacial score (nSPS) is 16.1. The maximum atomic E-state index is 14.2. The molecule has 0 saturated carbocycles. The van der Waals surface area contributed by atoms with E-state index in [9.17, 15) is 19.5 Å². The second-order valence-corrected chi connectivity index (χ2v) is 15.5. The third-order valence-electron chi connectivity index (χ3n) is 10.9. The van der Waals surface area contributed by atoms with E-state index in [1.807, 2.05) is 80.6 Å². The van der Waals surface area contributed by atoms with Crippen LogP contribution in [0.15, 0.2) is 95.8 Å². The van der Waals surface area contributed by atoms with Crippen LogP contribution in [-0.2, 0) is 35.6 Å². The fourth-order valence-corrected chi connectivity index (χ4v) is 7.78. The summed E-state index contributed by atoms with van der Waals surface area (Å²) in [5, 5.41) is 13.6. The number of amides is 2.